The van der Waals surface area contributed by atoms with Gasteiger partial charge in [-0.15, -0.1) is 0 Å². The van der Waals surface area contributed by atoms with Gasteiger partial charge in [0.2, 0.25) is 0 Å². The predicted octanol–water partition coefficient (Wildman–Crippen LogP) is 3.91. The highest BCUT2D eigenvalue weighted by atomic mass is 19.1. The first kappa shape index (κ1) is 16.9. The molecule has 0 spiro atoms. The molecule has 0 radical (unpaired) electrons. The van der Waals surface area contributed by atoms with Gasteiger partial charge in [-0.25, -0.2) is 9.18 Å². The van der Waals surface area contributed by atoms with Crippen molar-refractivity contribution < 1.29 is 19.0 Å². The summed E-state index contributed by atoms with van der Waals surface area (Å²) in [6.07, 6.45) is 0. The Morgan fingerprint density at radius 1 is 1.26 bits per heavy atom. The predicted molar refractivity (Wildman–Crippen MR) is 87.1 cm³/mol. The Labute approximate surface area is 135 Å². The fourth-order valence-electron chi connectivity index (χ4n) is 2.15. The first-order valence-corrected chi connectivity index (χ1v) is 7.24. The lowest BCUT2D eigenvalue weighted by Crippen LogP contribution is -2.06. The van der Waals surface area contributed by atoms with E-state index in [1.165, 1.54) is 6.07 Å². The first-order chi connectivity index (χ1) is 10.9. The Morgan fingerprint density at radius 3 is 2.61 bits per heavy atom. The van der Waals surface area contributed by atoms with Crippen molar-refractivity contribution in [2.24, 2.45) is 0 Å². The molecule has 23 heavy (non-hydrogen) atoms. The molecule has 0 saturated carbocycles. The summed E-state index contributed by atoms with van der Waals surface area (Å²) in [4.78, 5) is 11.5. The smallest absolute Gasteiger partial charge is 0.333 e. The average molecular weight is 314 g/mol. The molecule has 2 aromatic rings. The van der Waals surface area contributed by atoms with E-state index in [1.807, 2.05) is 19.1 Å². The number of aliphatic hydroxyl groups is 1. The van der Waals surface area contributed by atoms with Crippen molar-refractivity contribution in [2.45, 2.75) is 27.1 Å². The van der Waals surface area contributed by atoms with E-state index < -0.39 is 11.8 Å². The standard InChI is InChI=1S/C19H19FO3/c1-12(2)19(22)23-11-16-9-15(6-4-13(16)3)17-7-5-14(10-21)8-18(17)20/h4-9,21H,1,10-11H2,2-3H3. The van der Waals surface area contributed by atoms with Gasteiger partial charge >= 0.3 is 5.97 Å². The number of aryl methyl sites for hydroxylation is 1. The molecule has 4 heteroatoms. The molecule has 2 aromatic carbocycles. The summed E-state index contributed by atoms with van der Waals surface area (Å²) in [6, 6.07) is 10.1. The molecular formula is C19H19FO3. The zero-order valence-corrected chi connectivity index (χ0v) is 13.2. The van der Waals surface area contributed by atoms with Gasteiger partial charge in [0.05, 0.1) is 6.61 Å². The lowest BCUT2D eigenvalue weighted by atomic mass is 9.98. The van der Waals surface area contributed by atoms with Gasteiger partial charge in [-0.2, -0.15) is 0 Å². The Kier molecular flexibility index (Phi) is 5.29. The number of benzene rings is 2. The van der Waals surface area contributed by atoms with Crippen molar-refractivity contribution in [3.05, 3.63) is 71.1 Å². The summed E-state index contributed by atoms with van der Waals surface area (Å²) >= 11 is 0. The van der Waals surface area contributed by atoms with E-state index in [2.05, 4.69) is 6.58 Å². The van der Waals surface area contributed by atoms with Crippen molar-refractivity contribution in [1.82, 2.24) is 0 Å². The molecular weight excluding hydrogens is 295 g/mol. The third-order valence-electron chi connectivity index (χ3n) is 3.58. The molecule has 0 saturated heterocycles. The zero-order chi connectivity index (χ0) is 17.0. The third-order valence-corrected chi connectivity index (χ3v) is 3.58. The Morgan fingerprint density at radius 2 is 2.00 bits per heavy atom. The maximum atomic E-state index is 14.2. The normalized spacial score (nSPS) is 10.4. The summed E-state index contributed by atoms with van der Waals surface area (Å²) in [6.45, 7) is 6.94. The van der Waals surface area contributed by atoms with Crippen LogP contribution in [0.2, 0.25) is 0 Å². The second-order valence-corrected chi connectivity index (χ2v) is 5.47. The molecule has 0 unspecified atom stereocenters. The summed E-state index contributed by atoms with van der Waals surface area (Å²) in [5.74, 6) is -0.849. The third kappa shape index (κ3) is 4.05. The lowest BCUT2D eigenvalue weighted by molar-refractivity contribution is -0.140. The minimum Gasteiger partial charge on any atom is -0.457 e. The first-order valence-electron chi connectivity index (χ1n) is 7.24. The Bertz CT molecular complexity index is 750. The van der Waals surface area contributed by atoms with Crippen LogP contribution in [0.15, 0.2) is 48.6 Å². The van der Waals surface area contributed by atoms with Gasteiger partial charge in [0.25, 0.3) is 0 Å². The van der Waals surface area contributed by atoms with Gasteiger partial charge in [0.15, 0.2) is 0 Å². The van der Waals surface area contributed by atoms with Gasteiger partial charge in [-0.1, -0.05) is 30.8 Å². The Balaban J connectivity index is 2.29. The largest absolute Gasteiger partial charge is 0.457 e. The lowest BCUT2D eigenvalue weighted by Gasteiger charge is -2.11. The maximum absolute atomic E-state index is 14.2. The van der Waals surface area contributed by atoms with Crippen LogP contribution in [0.1, 0.15) is 23.6 Å². The van der Waals surface area contributed by atoms with Crippen LogP contribution in [0.25, 0.3) is 11.1 Å². The molecule has 120 valence electrons. The molecule has 0 heterocycles. The molecule has 1 N–H and O–H groups in total. The second kappa shape index (κ2) is 7.20. The van der Waals surface area contributed by atoms with E-state index in [-0.39, 0.29) is 13.2 Å². The average Bonchev–Trinajstić information content (AvgIpc) is 2.53. The van der Waals surface area contributed by atoms with Crippen LogP contribution in [-0.2, 0) is 22.7 Å². The van der Waals surface area contributed by atoms with Crippen LogP contribution in [0.5, 0.6) is 0 Å². The quantitative estimate of drug-likeness (QED) is 0.672. The van der Waals surface area contributed by atoms with Crippen molar-refractivity contribution >= 4 is 5.97 Å². The van der Waals surface area contributed by atoms with E-state index in [0.29, 0.717) is 22.3 Å². The molecule has 0 bridgehead atoms. The zero-order valence-electron chi connectivity index (χ0n) is 13.2. The number of carbonyl (C=O) groups is 1. The fraction of sp³-hybridized carbons (Fsp3) is 0.211. The number of hydrogen-bond acceptors (Lipinski definition) is 3. The van der Waals surface area contributed by atoms with Crippen molar-refractivity contribution in [3.63, 3.8) is 0 Å². The number of esters is 1. The van der Waals surface area contributed by atoms with E-state index in [9.17, 15) is 9.18 Å². The monoisotopic (exact) mass is 314 g/mol. The van der Waals surface area contributed by atoms with Crippen LogP contribution in [-0.4, -0.2) is 11.1 Å². The molecule has 0 fully saturated rings. The Hall–Kier alpha value is -2.46. The van der Waals surface area contributed by atoms with Crippen molar-refractivity contribution in [2.75, 3.05) is 0 Å². The molecule has 0 aliphatic carbocycles. The minimum absolute atomic E-state index is 0.113. The number of carbonyl (C=O) groups excluding carboxylic acids is 1. The SMILES string of the molecule is C=C(C)C(=O)OCc1cc(-c2ccc(CO)cc2F)ccc1C. The van der Waals surface area contributed by atoms with Crippen LogP contribution >= 0.6 is 0 Å². The number of halogens is 1. The summed E-state index contributed by atoms with van der Waals surface area (Å²) in [5.41, 5.74) is 3.76. The molecule has 0 aliphatic heterocycles. The fourth-order valence-corrected chi connectivity index (χ4v) is 2.15. The number of ether oxygens (including phenoxy) is 1. The topological polar surface area (TPSA) is 46.5 Å². The second-order valence-electron chi connectivity index (χ2n) is 5.47. The van der Waals surface area contributed by atoms with Crippen molar-refractivity contribution in [1.29, 1.82) is 0 Å². The number of hydrogen-bond donors (Lipinski definition) is 1. The van der Waals surface area contributed by atoms with E-state index in [1.54, 1.807) is 25.1 Å². The summed E-state index contributed by atoms with van der Waals surface area (Å²) in [5, 5.41) is 9.05. The summed E-state index contributed by atoms with van der Waals surface area (Å²) in [7, 11) is 0. The molecule has 0 aromatic heterocycles. The van der Waals surface area contributed by atoms with E-state index in [4.69, 9.17) is 9.84 Å². The molecule has 0 atom stereocenters. The van der Waals surface area contributed by atoms with Gasteiger partial charge in [-0.05, 0) is 48.2 Å². The van der Waals surface area contributed by atoms with Crippen LogP contribution in [0.4, 0.5) is 4.39 Å². The molecule has 3 nitrogen and oxygen atoms in total. The number of rotatable bonds is 5. The van der Waals surface area contributed by atoms with Gasteiger partial charge in [0.1, 0.15) is 12.4 Å². The van der Waals surface area contributed by atoms with Gasteiger partial charge < -0.3 is 9.84 Å². The highest BCUT2D eigenvalue weighted by Gasteiger charge is 2.10. The minimum atomic E-state index is -0.451. The molecule has 0 aliphatic rings. The molecule has 0 amide bonds. The highest BCUT2D eigenvalue weighted by Crippen LogP contribution is 2.26. The van der Waals surface area contributed by atoms with E-state index in [0.717, 1.165) is 11.1 Å². The van der Waals surface area contributed by atoms with Crippen LogP contribution in [0.3, 0.4) is 0 Å². The van der Waals surface area contributed by atoms with Crippen LogP contribution < -0.4 is 0 Å². The number of aliphatic hydroxyl groups excluding tert-OH is 1. The van der Waals surface area contributed by atoms with Crippen molar-refractivity contribution in [3.8, 4) is 11.1 Å². The highest BCUT2D eigenvalue weighted by molar-refractivity contribution is 5.86. The van der Waals surface area contributed by atoms with E-state index >= 15 is 0 Å². The summed E-state index contributed by atoms with van der Waals surface area (Å²) < 4.78 is 19.3. The van der Waals surface area contributed by atoms with Gasteiger partial charge in [0, 0.05) is 11.1 Å². The van der Waals surface area contributed by atoms with Gasteiger partial charge in [-0.3, -0.25) is 0 Å². The van der Waals surface area contributed by atoms with Crippen LogP contribution in [0, 0.1) is 12.7 Å². The maximum Gasteiger partial charge on any atom is 0.333 e. The molecule has 2 rings (SSSR count).